The molecule has 0 radical (unpaired) electrons. The molecule has 17 heavy (non-hydrogen) atoms. The van der Waals surface area contributed by atoms with Crippen LogP contribution < -0.4 is 14.8 Å². The molecule has 0 aliphatic rings. The Labute approximate surface area is 104 Å². The number of aryl methyl sites for hydroxylation is 1. The van der Waals surface area contributed by atoms with E-state index in [0.29, 0.717) is 0 Å². The molecule has 0 amide bonds. The van der Waals surface area contributed by atoms with Gasteiger partial charge in [-0.2, -0.15) is 0 Å². The Balaban J connectivity index is 2.97. The Morgan fingerprint density at radius 2 is 1.94 bits per heavy atom. The van der Waals surface area contributed by atoms with Crippen LogP contribution in [0.1, 0.15) is 11.1 Å². The summed E-state index contributed by atoms with van der Waals surface area (Å²) in [7, 11) is 7.37. The number of benzene rings is 1. The third-order valence-corrected chi connectivity index (χ3v) is 2.72. The molecular weight excluding hydrogens is 216 g/mol. The van der Waals surface area contributed by atoms with Gasteiger partial charge in [0.05, 0.1) is 14.2 Å². The Kier molecular flexibility index (Phi) is 5.25. The van der Waals surface area contributed by atoms with Gasteiger partial charge in [-0.25, -0.2) is 0 Å². The minimum atomic E-state index is 0.833. The highest BCUT2D eigenvalue weighted by Gasteiger charge is 2.11. The van der Waals surface area contributed by atoms with Crippen LogP contribution in [0.2, 0.25) is 0 Å². The van der Waals surface area contributed by atoms with Crippen LogP contribution in [0.4, 0.5) is 0 Å². The van der Waals surface area contributed by atoms with Gasteiger partial charge in [-0.1, -0.05) is 0 Å². The Hall–Kier alpha value is -1.26. The van der Waals surface area contributed by atoms with Gasteiger partial charge in [0.15, 0.2) is 0 Å². The molecule has 0 aromatic heterocycles. The van der Waals surface area contributed by atoms with Gasteiger partial charge in [0.1, 0.15) is 11.5 Å². The van der Waals surface area contributed by atoms with E-state index in [4.69, 9.17) is 9.47 Å². The summed E-state index contributed by atoms with van der Waals surface area (Å²) in [6, 6.07) is 3.96. The maximum atomic E-state index is 5.42. The van der Waals surface area contributed by atoms with Crippen molar-refractivity contribution in [2.24, 2.45) is 0 Å². The van der Waals surface area contributed by atoms with Crippen LogP contribution >= 0.6 is 0 Å². The molecule has 0 aliphatic carbocycles. The van der Waals surface area contributed by atoms with E-state index in [0.717, 1.165) is 24.7 Å². The second kappa shape index (κ2) is 6.47. The molecule has 0 spiro atoms. The molecule has 1 rings (SSSR count). The summed E-state index contributed by atoms with van der Waals surface area (Å²) in [6.45, 7) is 3.77. The molecule has 0 atom stereocenters. The fraction of sp³-hybridized carbons (Fsp3) is 0.538. The van der Waals surface area contributed by atoms with Crippen molar-refractivity contribution in [3.05, 3.63) is 23.3 Å². The molecule has 0 saturated carbocycles. The van der Waals surface area contributed by atoms with E-state index in [9.17, 15) is 0 Å². The molecule has 0 bridgehead atoms. The lowest BCUT2D eigenvalue weighted by molar-refractivity contribution is 0.301. The van der Waals surface area contributed by atoms with E-state index in [1.807, 2.05) is 19.2 Å². The maximum Gasteiger partial charge on any atom is 0.127 e. The third-order valence-electron chi connectivity index (χ3n) is 2.72. The molecule has 1 aromatic carbocycles. The molecule has 4 nitrogen and oxygen atoms in total. The van der Waals surface area contributed by atoms with Crippen molar-refractivity contribution >= 4 is 0 Å². The van der Waals surface area contributed by atoms with Crippen LogP contribution in [0.5, 0.6) is 11.5 Å². The van der Waals surface area contributed by atoms with Crippen molar-refractivity contribution in [1.29, 1.82) is 0 Å². The average Bonchev–Trinajstić information content (AvgIpc) is 2.31. The van der Waals surface area contributed by atoms with E-state index >= 15 is 0 Å². The molecule has 0 heterocycles. The number of nitrogens with one attached hydrogen (secondary N) is 1. The number of hydrogen-bond donors (Lipinski definition) is 1. The number of hydrogen-bond acceptors (Lipinski definition) is 4. The lowest BCUT2D eigenvalue weighted by Crippen LogP contribution is -2.28. The molecular formula is C13H22N2O2. The Morgan fingerprint density at radius 1 is 1.24 bits per heavy atom. The van der Waals surface area contributed by atoms with E-state index < -0.39 is 0 Å². The monoisotopic (exact) mass is 238 g/mol. The fourth-order valence-electron chi connectivity index (χ4n) is 1.85. The van der Waals surface area contributed by atoms with Crippen LogP contribution in [-0.4, -0.2) is 39.9 Å². The van der Waals surface area contributed by atoms with E-state index in [2.05, 4.69) is 24.2 Å². The van der Waals surface area contributed by atoms with E-state index in [1.54, 1.807) is 14.2 Å². The quantitative estimate of drug-likeness (QED) is 0.764. The lowest BCUT2D eigenvalue weighted by Gasteiger charge is -2.20. The van der Waals surface area contributed by atoms with Gasteiger partial charge in [-0.3, -0.25) is 4.90 Å². The second-order valence-electron chi connectivity index (χ2n) is 4.15. The molecule has 0 unspecified atom stereocenters. The topological polar surface area (TPSA) is 33.7 Å². The van der Waals surface area contributed by atoms with Crippen LogP contribution in [0.15, 0.2) is 12.1 Å². The first-order valence-electron chi connectivity index (χ1n) is 5.67. The molecule has 96 valence electrons. The summed E-state index contributed by atoms with van der Waals surface area (Å²) in [5, 5.41) is 3.13. The smallest absolute Gasteiger partial charge is 0.127 e. The van der Waals surface area contributed by atoms with E-state index in [-0.39, 0.29) is 0 Å². The standard InChI is InChI=1S/C13H22N2O2/c1-10-6-11(16-4)7-13(17-5)12(10)8-15(3)9-14-2/h6-7,14H,8-9H2,1-5H3. The molecule has 1 aromatic rings. The van der Waals surface area contributed by atoms with Gasteiger partial charge in [-0.05, 0) is 32.6 Å². The van der Waals surface area contributed by atoms with Gasteiger partial charge in [0.2, 0.25) is 0 Å². The second-order valence-corrected chi connectivity index (χ2v) is 4.15. The van der Waals surface area contributed by atoms with Crippen LogP contribution in [0.3, 0.4) is 0 Å². The molecule has 0 saturated heterocycles. The Bertz CT molecular complexity index is 367. The minimum absolute atomic E-state index is 0.833. The van der Waals surface area contributed by atoms with Crippen molar-refractivity contribution < 1.29 is 9.47 Å². The van der Waals surface area contributed by atoms with Gasteiger partial charge >= 0.3 is 0 Å². The minimum Gasteiger partial charge on any atom is -0.497 e. The summed E-state index contributed by atoms with van der Waals surface area (Å²) in [6.07, 6.45) is 0. The van der Waals surface area contributed by atoms with Gasteiger partial charge < -0.3 is 14.8 Å². The zero-order chi connectivity index (χ0) is 12.8. The van der Waals surface area contributed by atoms with Crippen LogP contribution in [0.25, 0.3) is 0 Å². The zero-order valence-electron chi connectivity index (χ0n) is 11.3. The normalized spacial score (nSPS) is 10.7. The summed E-state index contributed by atoms with van der Waals surface area (Å²) < 4.78 is 10.7. The van der Waals surface area contributed by atoms with E-state index in [1.165, 1.54) is 11.1 Å². The highest BCUT2D eigenvalue weighted by Crippen LogP contribution is 2.29. The average molecular weight is 238 g/mol. The maximum absolute atomic E-state index is 5.42. The first-order valence-corrected chi connectivity index (χ1v) is 5.67. The number of nitrogens with zero attached hydrogens (tertiary/aromatic N) is 1. The van der Waals surface area contributed by atoms with Gasteiger partial charge in [-0.15, -0.1) is 0 Å². The van der Waals surface area contributed by atoms with Crippen molar-refractivity contribution in [3.8, 4) is 11.5 Å². The van der Waals surface area contributed by atoms with Crippen molar-refractivity contribution in [2.75, 3.05) is 35.0 Å². The van der Waals surface area contributed by atoms with Crippen LogP contribution in [0, 0.1) is 6.92 Å². The molecule has 4 heteroatoms. The summed E-state index contributed by atoms with van der Waals surface area (Å²) in [5.41, 5.74) is 2.38. The fourth-order valence-corrected chi connectivity index (χ4v) is 1.85. The van der Waals surface area contributed by atoms with Crippen molar-refractivity contribution in [1.82, 2.24) is 10.2 Å². The first kappa shape index (κ1) is 13.8. The predicted octanol–water partition coefficient (Wildman–Crippen LogP) is 1.62. The summed E-state index contributed by atoms with van der Waals surface area (Å²) >= 11 is 0. The highest BCUT2D eigenvalue weighted by atomic mass is 16.5. The number of methoxy groups -OCH3 is 2. The van der Waals surface area contributed by atoms with Gasteiger partial charge in [0.25, 0.3) is 0 Å². The van der Waals surface area contributed by atoms with Crippen molar-refractivity contribution in [3.63, 3.8) is 0 Å². The molecule has 0 aliphatic heterocycles. The SMILES string of the molecule is CNCN(C)Cc1c(C)cc(OC)cc1OC. The van der Waals surface area contributed by atoms with Gasteiger partial charge in [0, 0.05) is 24.8 Å². The molecule has 0 fully saturated rings. The summed E-state index contributed by atoms with van der Waals surface area (Å²) in [4.78, 5) is 2.19. The molecule has 1 N–H and O–H groups in total. The number of ether oxygens (including phenoxy) is 2. The van der Waals surface area contributed by atoms with Crippen molar-refractivity contribution in [2.45, 2.75) is 13.5 Å². The number of rotatable bonds is 6. The third kappa shape index (κ3) is 3.61. The zero-order valence-corrected chi connectivity index (χ0v) is 11.3. The largest absolute Gasteiger partial charge is 0.497 e. The Morgan fingerprint density at radius 3 is 2.47 bits per heavy atom. The highest BCUT2D eigenvalue weighted by molar-refractivity contribution is 5.46. The lowest BCUT2D eigenvalue weighted by atomic mass is 10.1. The predicted molar refractivity (Wildman–Crippen MR) is 69.7 cm³/mol. The summed E-state index contributed by atoms with van der Waals surface area (Å²) in [5.74, 6) is 1.71. The van der Waals surface area contributed by atoms with Crippen LogP contribution in [-0.2, 0) is 6.54 Å². The first-order chi connectivity index (χ1) is 8.12.